The highest BCUT2D eigenvalue weighted by molar-refractivity contribution is 5.68. The molecule has 4 heteroatoms. The van der Waals surface area contributed by atoms with E-state index in [1.54, 1.807) is 4.90 Å². The molecule has 0 aliphatic carbocycles. The van der Waals surface area contributed by atoms with Gasteiger partial charge in [0.05, 0.1) is 0 Å². The molecule has 0 heterocycles. The minimum absolute atomic E-state index is 0.196. The van der Waals surface area contributed by atoms with Gasteiger partial charge in [0.25, 0.3) is 0 Å². The predicted octanol–water partition coefficient (Wildman–Crippen LogP) is 2.37. The Bertz CT molecular complexity index is 212. The van der Waals surface area contributed by atoms with Gasteiger partial charge in [0.2, 0.25) is 0 Å². The van der Waals surface area contributed by atoms with Crippen molar-refractivity contribution in [2.75, 3.05) is 13.1 Å². The number of hydrogen-bond acceptors (Lipinski definition) is 3. The van der Waals surface area contributed by atoms with Crippen LogP contribution in [0.5, 0.6) is 0 Å². The predicted molar refractivity (Wildman–Crippen MR) is 66.4 cm³/mol. The Morgan fingerprint density at radius 2 is 2.00 bits per heavy atom. The van der Waals surface area contributed by atoms with Crippen LogP contribution in [-0.4, -0.2) is 35.7 Å². The van der Waals surface area contributed by atoms with E-state index >= 15 is 0 Å². The molecule has 4 nitrogen and oxygen atoms in total. The Labute approximate surface area is 99.1 Å². The van der Waals surface area contributed by atoms with E-state index in [-0.39, 0.29) is 12.1 Å². The average Bonchev–Trinajstić information content (AvgIpc) is 2.15. The first-order valence-corrected chi connectivity index (χ1v) is 6.01. The van der Waals surface area contributed by atoms with E-state index in [2.05, 4.69) is 6.92 Å². The third-order valence-corrected chi connectivity index (χ3v) is 2.35. The first-order chi connectivity index (χ1) is 7.31. The molecular weight excluding hydrogens is 204 g/mol. The summed E-state index contributed by atoms with van der Waals surface area (Å²) in [7, 11) is 0. The number of nitrogens with two attached hydrogens (primary N) is 1. The Hall–Kier alpha value is -0.770. The van der Waals surface area contributed by atoms with Gasteiger partial charge in [-0.05, 0) is 47.1 Å². The quantitative estimate of drug-likeness (QED) is 0.789. The van der Waals surface area contributed by atoms with Crippen molar-refractivity contribution in [1.29, 1.82) is 0 Å². The highest BCUT2D eigenvalue weighted by Gasteiger charge is 2.24. The van der Waals surface area contributed by atoms with Gasteiger partial charge in [0, 0.05) is 12.6 Å². The second-order valence-corrected chi connectivity index (χ2v) is 5.07. The van der Waals surface area contributed by atoms with Crippen molar-refractivity contribution in [2.45, 2.75) is 59.1 Å². The van der Waals surface area contributed by atoms with Crippen LogP contribution in [0.3, 0.4) is 0 Å². The van der Waals surface area contributed by atoms with Crippen molar-refractivity contribution in [3.63, 3.8) is 0 Å². The van der Waals surface area contributed by atoms with Gasteiger partial charge >= 0.3 is 6.09 Å². The van der Waals surface area contributed by atoms with Crippen molar-refractivity contribution in [3.8, 4) is 0 Å². The van der Waals surface area contributed by atoms with Crippen molar-refractivity contribution >= 4 is 6.09 Å². The molecule has 0 rings (SSSR count). The van der Waals surface area contributed by atoms with E-state index in [4.69, 9.17) is 10.5 Å². The van der Waals surface area contributed by atoms with Gasteiger partial charge < -0.3 is 15.4 Å². The molecule has 0 aromatic rings. The Morgan fingerprint density at radius 1 is 1.44 bits per heavy atom. The molecule has 96 valence electrons. The molecule has 0 fully saturated rings. The zero-order valence-corrected chi connectivity index (χ0v) is 11.2. The maximum atomic E-state index is 11.9. The van der Waals surface area contributed by atoms with Crippen LogP contribution >= 0.6 is 0 Å². The summed E-state index contributed by atoms with van der Waals surface area (Å²) in [4.78, 5) is 13.7. The summed E-state index contributed by atoms with van der Waals surface area (Å²) < 4.78 is 5.37. The van der Waals surface area contributed by atoms with E-state index in [0.717, 1.165) is 12.8 Å². The van der Waals surface area contributed by atoms with Gasteiger partial charge in [0.15, 0.2) is 0 Å². The fourth-order valence-electron chi connectivity index (χ4n) is 1.29. The molecular formula is C12H26N2O2. The second kappa shape index (κ2) is 6.74. The summed E-state index contributed by atoms with van der Waals surface area (Å²) in [6.07, 6.45) is 1.49. The molecule has 1 atom stereocenters. The van der Waals surface area contributed by atoms with Crippen LogP contribution < -0.4 is 5.73 Å². The fourth-order valence-corrected chi connectivity index (χ4v) is 1.29. The van der Waals surface area contributed by atoms with Crippen LogP contribution in [0.1, 0.15) is 47.5 Å². The van der Waals surface area contributed by atoms with Crippen molar-refractivity contribution in [1.82, 2.24) is 4.90 Å². The Morgan fingerprint density at radius 3 is 2.38 bits per heavy atom. The van der Waals surface area contributed by atoms with Crippen LogP contribution in [0.4, 0.5) is 4.79 Å². The van der Waals surface area contributed by atoms with Gasteiger partial charge in [-0.2, -0.15) is 0 Å². The highest BCUT2D eigenvalue weighted by atomic mass is 16.6. The van der Waals surface area contributed by atoms with Gasteiger partial charge in [-0.15, -0.1) is 0 Å². The summed E-state index contributed by atoms with van der Waals surface area (Å²) in [5.74, 6) is 0. The lowest BCUT2D eigenvalue weighted by Gasteiger charge is -2.31. The number of carbonyl (C=O) groups excluding carboxylic acids is 1. The number of carbonyl (C=O) groups is 1. The summed E-state index contributed by atoms with van der Waals surface area (Å²) in [5.41, 5.74) is 5.03. The lowest BCUT2D eigenvalue weighted by Crippen LogP contribution is -2.42. The highest BCUT2D eigenvalue weighted by Crippen LogP contribution is 2.13. The van der Waals surface area contributed by atoms with E-state index in [1.807, 2.05) is 27.7 Å². The number of amides is 1. The molecule has 1 unspecified atom stereocenters. The molecule has 0 aliphatic rings. The summed E-state index contributed by atoms with van der Waals surface area (Å²) in [6.45, 7) is 11.0. The topological polar surface area (TPSA) is 55.6 Å². The number of ether oxygens (including phenoxy) is 1. The standard InChI is InChI=1S/C12H26N2O2/c1-6-10(2)14(9-7-8-13)11(15)16-12(3,4)5/h10H,6-9,13H2,1-5H3. The third-order valence-electron chi connectivity index (χ3n) is 2.35. The third kappa shape index (κ3) is 5.95. The summed E-state index contributed by atoms with van der Waals surface area (Å²) in [5, 5.41) is 0. The van der Waals surface area contributed by atoms with Crippen LogP contribution in [0.15, 0.2) is 0 Å². The van der Waals surface area contributed by atoms with Crippen LogP contribution in [0.25, 0.3) is 0 Å². The largest absolute Gasteiger partial charge is 0.444 e. The average molecular weight is 230 g/mol. The zero-order chi connectivity index (χ0) is 12.8. The number of nitrogens with zero attached hydrogens (tertiary/aromatic N) is 1. The number of hydrogen-bond donors (Lipinski definition) is 1. The summed E-state index contributed by atoms with van der Waals surface area (Å²) in [6, 6.07) is 0.196. The minimum Gasteiger partial charge on any atom is -0.444 e. The van der Waals surface area contributed by atoms with Gasteiger partial charge in [-0.1, -0.05) is 6.92 Å². The van der Waals surface area contributed by atoms with Crippen LogP contribution in [0.2, 0.25) is 0 Å². The molecule has 16 heavy (non-hydrogen) atoms. The zero-order valence-electron chi connectivity index (χ0n) is 11.2. The minimum atomic E-state index is -0.439. The SMILES string of the molecule is CCC(C)N(CCCN)C(=O)OC(C)(C)C. The molecule has 0 saturated carbocycles. The van der Waals surface area contributed by atoms with Crippen LogP contribution in [0, 0.1) is 0 Å². The Balaban J connectivity index is 4.43. The lowest BCUT2D eigenvalue weighted by atomic mass is 10.2. The van der Waals surface area contributed by atoms with Gasteiger partial charge in [0.1, 0.15) is 5.60 Å². The molecule has 0 aliphatic heterocycles. The molecule has 2 N–H and O–H groups in total. The van der Waals surface area contributed by atoms with E-state index in [0.29, 0.717) is 13.1 Å². The van der Waals surface area contributed by atoms with Gasteiger partial charge in [-0.3, -0.25) is 0 Å². The first kappa shape index (κ1) is 15.2. The molecule has 0 radical (unpaired) electrons. The monoisotopic (exact) mass is 230 g/mol. The first-order valence-electron chi connectivity index (χ1n) is 6.01. The number of rotatable bonds is 5. The van der Waals surface area contributed by atoms with E-state index in [9.17, 15) is 4.79 Å². The molecule has 0 saturated heterocycles. The lowest BCUT2D eigenvalue weighted by molar-refractivity contribution is 0.0171. The Kier molecular flexibility index (Phi) is 6.41. The molecule has 0 aromatic heterocycles. The maximum Gasteiger partial charge on any atom is 0.410 e. The maximum absolute atomic E-state index is 11.9. The normalized spacial score (nSPS) is 13.4. The molecule has 0 aromatic carbocycles. The van der Waals surface area contributed by atoms with Crippen LogP contribution in [-0.2, 0) is 4.74 Å². The summed E-state index contributed by atoms with van der Waals surface area (Å²) >= 11 is 0. The van der Waals surface area contributed by atoms with E-state index < -0.39 is 5.60 Å². The molecule has 0 bridgehead atoms. The molecule has 1 amide bonds. The molecule has 0 spiro atoms. The van der Waals surface area contributed by atoms with E-state index in [1.165, 1.54) is 0 Å². The fraction of sp³-hybridized carbons (Fsp3) is 0.917. The second-order valence-electron chi connectivity index (χ2n) is 5.07. The van der Waals surface area contributed by atoms with Crippen molar-refractivity contribution in [2.24, 2.45) is 5.73 Å². The van der Waals surface area contributed by atoms with Crippen molar-refractivity contribution < 1.29 is 9.53 Å². The van der Waals surface area contributed by atoms with Gasteiger partial charge in [-0.25, -0.2) is 4.79 Å². The smallest absolute Gasteiger partial charge is 0.410 e. The van der Waals surface area contributed by atoms with Crippen molar-refractivity contribution in [3.05, 3.63) is 0 Å².